The highest BCUT2D eigenvalue weighted by Crippen LogP contribution is 2.34. The van der Waals surface area contributed by atoms with E-state index in [2.05, 4.69) is 4.74 Å². The molecule has 2 amide bonds. The van der Waals surface area contributed by atoms with Crippen LogP contribution < -0.4 is 9.62 Å². The molecule has 0 fully saturated rings. The van der Waals surface area contributed by atoms with Gasteiger partial charge in [-0.1, -0.05) is 0 Å². The highest BCUT2D eigenvalue weighted by atomic mass is 32.2. The average molecular weight is 384 g/mol. The Hall–Kier alpha value is -2.62. The summed E-state index contributed by atoms with van der Waals surface area (Å²) in [5.74, 6) is -1.56. The lowest BCUT2D eigenvalue weighted by molar-refractivity contribution is -0.123. The van der Waals surface area contributed by atoms with Gasteiger partial charge >= 0.3 is 12.1 Å². The van der Waals surface area contributed by atoms with E-state index in [1.54, 1.807) is 19.9 Å². The molecule has 1 aliphatic rings. The molecule has 1 heterocycles. The van der Waals surface area contributed by atoms with Crippen LogP contribution in [0.1, 0.15) is 29.8 Å². The van der Waals surface area contributed by atoms with E-state index in [9.17, 15) is 22.8 Å². The number of sulfonamides is 1. The van der Waals surface area contributed by atoms with Gasteiger partial charge in [-0.15, -0.1) is 0 Å². The predicted molar refractivity (Wildman–Crippen MR) is 92.4 cm³/mol. The molecule has 0 unspecified atom stereocenters. The number of anilines is 1. The minimum Gasteiger partial charge on any atom is -0.452 e. The van der Waals surface area contributed by atoms with Gasteiger partial charge in [0.25, 0.3) is 5.91 Å². The summed E-state index contributed by atoms with van der Waals surface area (Å²) in [6.45, 7) is 2.83. The van der Waals surface area contributed by atoms with E-state index in [4.69, 9.17) is 4.74 Å². The van der Waals surface area contributed by atoms with Gasteiger partial charge in [-0.25, -0.2) is 18.0 Å². The molecule has 0 saturated heterocycles. The van der Waals surface area contributed by atoms with E-state index in [0.29, 0.717) is 17.7 Å². The van der Waals surface area contributed by atoms with Crippen LogP contribution in [0.3, 0.4) is 0 Å². The van der Waals surface area contributed by atoms with Crippen LogP contribution in [0.2, 0.25) is 0 Å². The number of carbonyl (C=O) groups excluding carboxylic acids is 3. The second kappa shape index (κ2) is 7.73. The van der Waals surface area contributed by atoms with Crippen LogP contribution in [-0.4, -0.2) is 51.9 Å². The van der Waals surface area contributed by atoms with E-state index in [0.717, 1.165) is 6.26 Å². The van der Waals surface area contributed by atoms with Crippen LogP contribution in [0.25, 0.3) is 0 Å². The first-order valence-electron chi connectivity index (χ1n) is 7.89. The fourth-order valence-electron chi connectivity index (χ4n) is 2.77. The van der Waals surface area contributed by atoms with Crippen molar-refractivity contribution >= 4 is 33.7 Å². The van der Waals surface area contributed by atoms with Crippen molar-refractivity contribution in [3.63, 3.8) is 0 Å². The lowest BCUT2D eigenvalue weighted by Crippen LogP contribution is -2.34. The number of ether oxygens (including phenoxy) is 2. The zero-order chi connectivity index (χ0) is 19.5. The second-order valence-corrected chi connectivity index (χ2v) is 7.66. The minimum atomic E-state index is -3.42. The Morgan fingerprint density at radius 1 is 1.27 bits per heavy atom. The van der Waals surface area contributed by atoms with Crippen LogP contribution in [0.4, 0.5) is 10.5 Å². The van der Waals surface area contributed by atoms with Gasteiger partial charge in [0.15, 0.2) is 6.61 Å². The first-order valence-corrected chi connectivity index (χ1v) is 9.74. The lowest BCUT2D eigenvalue weighted by atomic mass is 10.1. The summed E-state index contributed by atoms with van der Waals surface area (Å²) in [6, 6.07) is 4.26. The number of esters is 1. The molecule has 1 aliphatic heterocycles. The number of hydrogen-bond acceptors (Lipinski definition) is 7. The molecule has 0 aromatic heterocycles. The molecule has 9 nitrogen and oxygen atoms in total. The highest BCUT2D eigenvalue weighted by Gasteiger charge is 2.32. The molecule has 2 rings (SSSR count). The first-order chi connectivity index (χ1) is 12.1. The van der Waals surface area contributed by atoms with Gasteiger partial charge < -0.3 is 9.47 Å². The summed E-state index contributed by atoms with van der Waals surface area (Å²) in [6.07, 6.45) is 0.677. The molecule has 142 valence electrons. The van der Waals surface area contributed by atoms with Crippen molar-refractivity contribution in [2.45, 2.75) is 26.3 Å². The van der Waals surface area contributed by atoms with E-state index < -0.39 is 34.6 Å². The van der Waals surface area contributed by atoms with Gasteiger partial charge in [-0.2, -0.15) is 0 Å². The van der Waals surface area contributed by atoms with E-state index in [-0.39, 0.29) is 18.2 Å². The molecule has 1 aromatic carbocycles. The van der Waals surface area contributed by atoms with Crippen LogP contribution in [0.15, 0.2) is 18.2 Å². The van der Waals surface area contributed by atoms with Gasteiger partial charge in [-0.3, -0.25) is 14.4 Å². The maximum atomic E-state index is 12.1. The molecule has 10 heteroatoms. The molecule has 0 bridgehead atoms. The second-order valence-electron chi connectivity index (χ2n) is 5.80. The number of amides is 2. The number of rotatable bonds is 5. The highest BCUT2D eigenvalue weighted by molar-refractivity contribution is 7.92. The molecule has 0 spiro atoms. The zero-order valence-electron chi connectivity index (χ0n) is 14.6. The number of fused-ring (bicyclic) bond motifs is 1. The van der Waals surface area contributed by atoms with Crippen molar-refractivity contribution < 1.29 is 32.3 Å². The molecule has 1 aromatic rings. The summed E-state index contributed by atoms with van der Waals surface area (Å²) in [4.78, 5) is 34.6. The number of hydrogen-bond donors (Lipinski definition) is 1. The molecule has 0 saturated carbocycles. The molecular formula is C16H20N2O7S. The van der Waals surface area contributed by atoms with Crippen molar-refractivity contribution in [2.24, 2.45) is 0 Å². The number of nitrogens with zero attached hydrogens (tertiary/aromatic N) is 1. The van der Waals surface area contributed by atoms with Crippen LogP contribution in [-0.2, 0) is 30.7 Å². The summed E-state index contributed by atoms with van der Waals surface area (Å²) in [5.41, 5.74) is 1.42. The van der Waals surface area contributed by atoms with Crippen molar-refractivity contribution in [3.05, 3.63) is 29.3 Å². The first kappa shape index (κ1) is 19.7. The smallest absolute Gasteiger partial charge is 0.413 e. The summed E-state index contributed by atoms with van der Waals surface area (Å²) < 4.78 is 34.5. The van der Waals surface area contributed by atoms with Gasteiger partial charge in [-0.05, 0) is 44.0 Å². The Balaban J connectivity index is 2.03. The number of alkyl carbamates (subject to hydrolysis) is 1. The van der Waals surface area contributed by atoms with E-state index in [1.807, 2.05) is 5.32 Å². The molecule has 1 atom stereocenters. The quantitative estimate of drug-likeness (QED) is 0.747. The standard InChI is InChI=1S/C16H20N2O7S/c1-4-24-16(21)17-14(19)9-25-15(20)11-5-6-13-12(8-11)7-10(2)18(13)26(3,22)23/h5-6,8,10H,4,7,9H2,1-3H3,(H,17,19,21)/t10-/m1/s1. The monoisotopic (exact) mass is 384 g/mol. The fourth-order valence-corrected chi connectivity index (χ4v) is 4.03. The SMILES string of the molecule is CCOC(=O)NC(=O)COC(=O)c1ccc2c(c1)C[C@@H](C)N2S(C)(=O)=O. The Labute approximate surface area is 151 Å². The molecule has 26 heavy (non-hydrogen) atoms. The van der Waals surface area contributed by atoms with Crippen LogP contribution in [0, 0.1) is 0 Å². The Morgan fingerprint density at radius 3 is 2.58 bits per heavy atom. The van der Waals surface area contributed by atoms with Crippen LogP contribution in [0.5, 0.6) is 0 Å². The average Bonchev–Trinajstić information content (AvgIpc) is 2.87. The summed E-state index contributed by atoms with van der Waals surface area (Å²) in [5, 5.41) is 1.91. The van der Waals surface area contributed by atoms with Gasteiger partial charge in [0.05, 0.1) is 24.1 Å². The maximum Gasteiger partial charge on any atom is 0.413 e. The lowest BCUT2D eigenvalue weighted by Gasteiger charge is -2.21. The number of imide groups is 1. The van der Waals surface area contributed by atoms with Crippen LogP contribution >= 0.6 is 0 Å². The normalized spacial score (nSPS) is 16.0. The van der Waals surface area contributed by atoms with Gasteiger partial charge in [0.1, 0.15) is 0 Å². The Morgan fingerprint density at radius 2 is 1.96 bits per heavy atom. The van der Waals surface area contributed by atoms with Crippen molar-refractivity contribution in [2.75, 3.05) is 23.8 Å². The Bertz CT molecular complexity index is 835. The van der Waals surface area contributed by atoms with E-state index >= 15 is 0 Å². The van der Waals surface area contributed by atoms with Crippen molar-refractivity contribution in [3.8, 4) is 0 Å². The molecule has 0 radical (unpaired) electrons. The number of nitrogens with one attached hydrogen (secondary N) is 1. The van der Waals surface area contributed by atoms with E-state index in [1.165, 1.54) is 16.4 Å². The third-order valence-corrected chi connectivity index (χ3v) is 4.95. The third-order valence-electron chi connectivity index (χ3n) is 3.68. The topological polar surface area (TPSA) is 119 Å². The minimum absolute atomic E-state index is 0.108. The molecule has 0 aliphatic carbocycles. The van der Waals surface area contributed by atoms with Gasteiger partial charge in [0.2, 0.25) is 10.0 Å². The molecular weight excluding hydrogens is 364 g/mol. The van der Waals surface area contributed by atoms with Gasteiger partial charge in [0, 0.05) is 6.04 Å². The Kier molecular flexibility index (Phi) is 5.86. The van der Waals surface area contributed by atoms with Crippen molar-refractivity contribution in [1.82, 2.24) is 5.32 Å². The number of carbonyl (C=O) groups is 3. The predicted octanol–water partition coefficient (Wildman–Crippen LogP) is 0.827. The number of benzene rings is 1. The maximum absolute atomic E-state index is 12.1. The summed E-state index contributed by atoms with van der Waals surface area (Å²) in [7, 11) is -3.42. The van der Waals surface area contributed by atoms with Crippen molar-refractivity contribution in [1.29, 1.82) is 0 Å². The third kappa shape index (κ3) is 4.51. The largest absolute Gasteiger partial charge is 0.452 e. The molecule has 1 N–H and O–H groups in total. The fraction of sp³-hybridized carbons (Fsp3) is 0.438. The zero-order valence-corrected chi connectivity index (χ0v) is 15.5. The summed E-state index contributed by atoms with van der Waals surface area (Å²) >= 11 is 0.